The average molecular weight is 369 g/mol. The number of nitrogens with one attached hydrogen (secondary N) is 1. The van der Waals surface area contributed by atoms with Crippen molar-refractivity contribution in [2.24, 2.45) is 0 Å². The minimum Gasteiger partial charge on any atom is -0.391 e. The van der Waals surface area contributed by atoms with Crippen molar-refractivity contribution in [1.29, 1.82) is 0 Å². The molecule has 0 radical (unpaired) electrons. The molecule has 3 rings (SSSR count). The standard InChI is InChI=1S/C17H18F3N3O3/c18-17(19,20)11-3-1-4-12-15(11)16(26)23(9-22-12)8-10(24)7-13-14(25)5-2-6-21-13/h1,3-4,9,13-14,21,25H,2,5-8H2/t13-,14+/m1/s1. The number of ketones is 1. The van der Waals surface area contributed by atoms with Gasteiger partial charge >= 0.3 is 6.18 Å². The van der Waals surface area contributed by atoms with Gasteiger partial charge in [-0.2, -0.15) is 13.2 Å². The Labute approximate surface area is 146 Å². The van der Waals surface area contributed by atoms with Gasteiger partial charge in [0.2, 0.25) is 0 Å². The van der Waals surface area contributed by atoms with Crippen molar-refractivity contribution in [2.45, 2.75) is 44.1 Å². The van der Waals surface area contributed by atoms with Crippen LogP contribution in [0.25, 0.3) is 10.9 Å². The minimum absolute atomic E-state index is 0.00738. The van der Waals surface area contributed by atoms with E-state index < -0.39 is 41.4 Å². The van der Waals surface area contributed by atoms with Crippen molar-refractivity contribution in [3.05, 3.63) is 40.4 Å². The van der Waals surface area contributed by atoms with E-state index in [4.69, 9.17) is 0 Å². The molecule has 1 saturated heterocycles. The number of rotatable bonds is 4. The molecule has 1 aliphatic heterocycles. The summed E-state index contributed by atoms with van der Waals surface area (Å²) in [6.07, 6.45) is -2.90. The molecule has 9 heteroatoms. The second kappa shape index (κ2) is 7.16. The number of carbonyl (C=O) groups is 1. The maximum absolute atomic E-state index is 13.2. The molecule has 1 aromatic carbocycles. The molecule has 1 fully saturated rings. The van der Waals surface area contributed by atoms with Crippen LogP contribution in [0.2, 0.25) is 0 Å². The molecule has 2 heterocycles. The third-order valence-corrected chi connectivity index (χ3v) is 4.50. The number of hydrogen-bond acceptors (Lipinski definition) is 5. The van der Waals surface area contributed by atoms with Gasteiger partial charge in [0.05, 0.1) is 35.4 Å². The lowest BCUT2D eigenvalue weighted by atomic mass is 9.97. The first-order chi connectivity index (χ1) is 12.3. The van der Waals surface area contributed by atoms with E-state index in [0.717, 1.165) is 23.4 Å². The Bertz CT molecular complexity index is 879. The van der Waals surface area contributed by atoms with Crippen molar-refractivity contribution in [1.82, 2.24) is 14.9 Å². The Kier molecular flexibility index (Phi) is 5.10. The van der Waals surface area contributed by atoms with Crippen LogP contribution in [0.3, 0.4) is 0 Å². The lowest BCUT2D eigenvalue weighted by molar-refractivity contribution is -0.136. The Morgan fingerprint density at radius 1 is 1.38 bits per heavy atom. The van der Waals surface area contributed by atoms with Crippen LogP contribution in [0.4, 0.5) is 13.2 Å². The molecular formula is C17H18F3N3O3. The number of aromatic nitrogens is 2. The molecule has 1 aliphatic rings. The number of benzene rings is 1. The van der Waals surface area contributed by atoms with Crippen molar-refractivity contribution < 1.29 is 23.1 Å². The lowest BCUT2D eigenvalue weighted by Crippen LogP contribution is -2.46. The van der Waals surface area contributed by atoms with Crippen molar-refractivity contribution in [2.75, 3.05) is 6.54 Å². The molecule has 6 nitrogen and oxygen atoms in total. The molecule has 0 aliphatic carbocycles. The van der Waals surface area contributed by atoms with E-state index in [2.05, 4.69) is 10.3 Å². The Morgan fingerprint density at radius 2 is 2.15 bits per heavy atom. The van der Waals surface area contributed by atoms with Gasteiger partial charge in [-0.3, -0.25) is 14.2 Å². The van der Waals surface area contributed by atoms with Gasteiger partial charge in [-0.05, 0) is 31.5 Å². The number of Topliss-reactive ketones (excluding diaryl/α,β-unsaturated/α-hetero) is 1. The maximum atomic E-state index is 13.2. The van der Waals surface area contributed by atoms with Gasteiger partial charge in [0.25, 0.3) is 5.56 Å². The predicted octanol–water partition coefficient (Wildman–Crippen LogP) is 1.49. The number of halogens is 3. The third-order valence-electron chi connectivity index (χ3n) is 4.50. The quantitative estimate of drug-likeness (QED) is 0.853. The summed E-state index contributed by atoms with van der Waals surface area (Å²) in [6, 6.07) is 2.91. The zero-order chi connectivity index (χ0) is 18.9. The molecule has 140 valence electrons. The number of fused-ring (bicyclic) bond motifs is 1. The Balaban J connectivity index is 1.88. The molecule has 2 aromatic rings. The number of alkyl halides is 3. The fourth-order valence-corrected chi connectivity index (χ4v) is 3.19. The molecule has 2 atom stereocenters. The molecule has 1 aromatic heterocycles. The topological polar surface area (TPSA) is 84.2 Å². The van der Waals surface area contributed by atoms with Gasteiger partial charge in [0.15, 0.2) is 5.78 Å². The smallest absolute Gasteiger partial charge is 0.391 e. The van der Waals surface area contributed by atoms with Crippen LogP contribution in [-0.4, -0.2) is 39.1 Å². The second-order valence-corrected chi connectivity index (χ2v) is 6.39. The molecule has 2 N–H and O–H groups in total. The van der Waals surface area contributed by atoms with Crippen LogP contribution < -0.4 is 10.9 Å². The van der Waals surface area contributed by atoms with E-state index in [9.17, 15) is 27.9 Å². The summed E-state index contributed by atoms with van der Waals surface area (Å²) < 4.78 is 40.4. The van der Waals surface area contributed by atoms with Crippen molar-refractivity contribution in [3.8, 4) is 0 Å². The van der Waals surface area contributed by atoms with Crippen molar-refractivity contribution >= 4 is 16.7 Å². The predicted molar refractivity (Wildman–Crippen MR) is 87.7 cm³/mol. The van der Waals surface area contributed by atoms with Gasteiger partial charge in [0.1, 0.15) is 0 Å². The van der Waals surface area contributed by atoms with Crippen LogP contribution >= 0.6 is 0 Å². The summed E-state index contributed by atoms with van der Waals surface area (Å²) in [7, 11) is 0. The highest BCUT2D eigenvalue weighted by Crippen LogP contribution is 2.32. The normalized spacial score (nSPS) is 21.1. The lowest BCUT2D eigenvalue weighted by Gasteiger charge is -2.28. The Hall–Kier alpha value is -2.26. The summed E-state index contributed by atoms with van der Waals surface area (Å²) >= 11 is 0. The highest BCUT2D eigenvalue weighted by Gasteiger charge is 2.34. The summed E-state index contributed by atoms with van der Waals surface area (Å²) in [6.45, 7) is 0.292. The second-order valence-electron chi connectivity index (χ2n) is 6.39. The SMILES string of the molecule is O=C(C[C@H]1NCCC[C@@H]1O)Cn1cnc2cccc(C(F)(F)F)c2c1=O. The van der Waals surface area contributed by atoms with E-state index in [1.807, 2.05) is 0 Å². The Morgan fingerprint density at radius 3 is 2.85 bits per heavy atom. The molecule has 0 saturated carbocycles. The molecule has 0 amide bonds. The van der Waals surface area contributed by atoms with Crippen LogP contribution in [0, 0.1) is 0 Å². The van der Waals surface area contributed by atoms with E-state index >= 15 is 0 Å². The van der Waals surface area contributed by atoms with E-state index in [1.54, 1.807) is 0 Å². The van der Waals surface area contributed by atoms with E-state index in [-0.39, 0.29) is 17.7 Å². The number of aliphatic hydroxyl groups is 1. The fourth-order valence-electron chi connectivity index (χ4n) is 3.19. The zero-order valence-electron chi connectivity index (χ0n) is 13.8. The fraction of sp³-hybridized carbons (Fsp3) is 0.471. The number of nitrogens with zero attached hydrogens (tertiary/aromatic N) is 2. The van der Waals surface area contributed by atoms with Crippen molar-refractivity contribution in [3.63, 3.8) is 0 Å². The number of carbonyl (C=O) groups excluding carboxylic acids is 1. The highest BCUT2D eigenvalue weighted by molar-refractivity contribution is 5.83. The maximum Gasteiger partial charge on any atom is 0.417 e. The summed E-state index contributed by atoms with van der Waals surface area (Å²) in [5.41, 5.74) is -2.05. The largest absolute Gasteiger partial charge is 0.417 e. The summed E-state index contributed by atoms with van der Waals surface area (Å²) in [5, 5.41) is 12.4. The summed E-state index contributed by atoms with van der Waals surface area (Å²) in [4.78, 5) is 28.6. The van der Waals surface area contributed by atoms with E-state index in [1.165, 1.54) is 12.1 Å². The first-order valence-electron chi connectivity index (χ1n) is 8.26. The molecular weight excluding hydrogens is 351 g/mol. The van der Waals surface area contributed by atoms with Crippen LogP contribution in [0.5, 0.6) is 0 Å². The molecule has 0 bridgehead atoms. The van der Waals surface area contributed by atoms with Gasteiger partial charge in [0, 0.05) is 12.5 Å². The highest BCUT2D eigenvalue weighted by atomic mass is 19.4. The number of hydrogen-bond donors (Lipinski definition) is 2. The molecule has 0 spiro atoms. The third kappa shape index (κ3) is 3.78. The monoisotopic (exact) mass is 369 g/mol. The van der Waals surface area contributed by atoms with Gasteiger partial charge < -0.3 is 10.4 Å². The van der Waals surface area contributed by atoms with Gasteiger partial charge in [-0.1, -0.05) is 6.07 Å². The molecule has 26 heavy (non-hydrogen) atoms. The van der Waals surface area contributed by atoms with Crippen LogP contribution in [0.1, 0.15) is 24.8 Å². The minimum atomic E-state index is -4.69. The number of aliphatic hydroxyl groups excluding tert-OH is 1. The average Bonchev–Trinajstić information content (AvgIpc) is 2.58. The first kappa shape index (κ1) is 18.5. The van der Waals surface area contributed by atoms with Gasteiger partial charge in [-0.25, -0.2) is 4.98 Å². The molecule has 0 unspecified atom stereocenters. The number of piperidine rings is 1. The first-order valence-corrected chi connectivity index (χ1v) is 8.26. The van der Waals surface area contributed by atoms with Gasteiger partial charge in [-0.15, -0.1) is 0 Å². The van der Waals surface area contributed by atoms with E-state index in [0.29, 0.717) is 13.0 Å². The van der Waals surface area contributed by atoms with Crippen LogP contribution in [-0.2, 0) is 17.5 Å². The van der Waals surface area contributed by atoms with Crippen LogP contribution in [0.15, 0.2) is 29.3 Å². The summed E-state index contributed by atoms with van der Waals surface area (Å²) in [5.74, 6) is -0.365. The zero-order valence-corrected chi connectivity index (χ0v) is 13.8.